The highest BCUT2D eigenvalue weighted by molar-refractivity contribution is 7.99. The SMILES string of the molecule is CCN(CC)C(=O)c1c2n(c(C)cc1=O)-c1ccc(Cl)cc1SC(c1sccc1C)C2. The van der Waals surface area contributed by atoms with Crippen molar-refractivity contribution in [2.45, 2.75) is 44.3 Å². The maximum Gasteiger partial charge on any atom is 0.259 e. The quantitative estimate of drug-likeness (QED) is 0.464. The lowest BCUT2D eigenvalue weighted by Gasteiger charge is -2.24. The number of amides is 1. The van der Waals surface area contributed by atoms with E-state index >= 15 is 0 Å². The van der Waals surface area contributed by atoms with Gasteiger partial charge in [0.25, 0.3) is 5.91 Å². The molecule has 1 unspecified atom stereocenters. The Morgan fingerprint density at radius 1 is 1.19 bits per heavy atom. The molecule has 0 radical (unpaired) electrons. The fraction of sp³-hybridized carbons (Fsp3) is 0.333. The summed E-state index contributed by atoms with van der Waals surface area (Å²) in [5.41, 5.74) is 3.89. The van der Waals surface area contributed by atoms with Gasteiger partial charge >= 0.3 is 0 Å². The third-order valence-corrected chi connectivity index (χ3v) is 8.55. The predicted molar refractivity (Wildman–Crippen MR) is 130 cm³/mol. The largest absolute Gasteiger partial charge is 0.339 e. The van der Waals surface area contributed by atoms with Crippen molar-refractivity contribution in [1.82, 2.24) is 9.47 Å². The first-order chi connectivity index (χ1) is 14.8. The Morgan fingerprint density at radius 3 is 2.58 bits per heavy atom. The monoisotopic (exact) mass is 472 g/mol. The number of carbonyl (C=O) groups excluding carboxylic acids is 1. The number of thiophene rings is 1. The number of hydrogen-bond acceptors (Lipinski definition) is 4. The zero-order valence-electron chi connectivity index (χ0n) is 18.1. The summed E-state index contributed by atoms with van der Waals surface area (Å²) < 4.78 is 2.08. The van der Waals surface area contributed by atoms with Crippen LogP contribution in [0.5, 0.6) is 0 Å². The van der Waals surface area contributed by atoms with Crippen molar-refractivity contribution in [3.63, 3.8) is 0 Å². The van der Waals surface area contributed by atoms with Gasteiger partial charge in [0.05, 0.1) is 5.69 Å². The maximum atomic E-state index is 13.4. The van der Waals surface area contributed by atoms with Crippen molar-refractivity contribution in [2.75, 3.05) is 13.1 Å². The summed E-state index contributed by atoms with van der Waals surface area (Å²) in [6.45, 7) is 9.05. The molecular weight excluding hydrogens is 448 g/mol. The number of hydrogen-bond donors (Lipinski definition) is 0. The van der Waals surface area contributed by atoms with E-state index in [4.69, 9.17) is 11.6 Å². The summed E-state index contributed by atoms with van der Waals surface area (Å²) in [4.78, 5) is 30.6. The minimum Gasteiger partial charge on any atom is -0.339 e. The number of thioether (sulfide) groups is 1. The second kappa shape index (κ2) is 8.85. The summed E-state index contributed by atoms with van der Waals surface area (Å²) >= 11 is 9.83. The molecule has 31 heavy (non-hydrogen) atoms. The summed E-state index contributed by atoms with van der Waals surface area (Å²) in [5, 5.41) is 2.87. The van der Waals surface area contributed by atoms with E-state index in [0.29, 0.717) is 24.5 Å². The van der Waals surface area contributed by atoms with E-state index in [2.05, 4.69) is 22.9 Å². The summed E-state index contributed by atoms with van der Waals surface area (Å²) in [6, 6.07) is 9.54. The summed E-state index contributed by atoms with van der Waals surface area (Å²) in [5.74, 6) is -0.192. The Bertz CT molecular complexity index is 1210. The van der Waals surface area contributed by atoms with Crippen LogP contribution in [0.4, 0.5) is 0 Å². The predicted octanol–water partition coefficient (Wildman–Crippen LogP) is 6.04. The van der Waals surface area contributed by atoms with Crippen LogP contribution >= 0.6 is 34.7 Å². The molecule has 3 aromatic rings. The molecule has 7 heteroatoms. The second-order valence-electron chi connectivity index (χ2n) is 7.68. The Hall–Kier alpha value is -2.02. The van der Waals surface area contributed by atoms with Crippen molar-refractivity contribution in [1.29, 1.82) is 0 Å². The van der Waals surface area contributed by atoms with E-state index in [9.17, 15) is 9.59 Å². The zero-order valence-corrected chi connectivity index (χ0v) is 20.5. The topological polar surface area (TPSA) is 42.3 Å². The highest BCUT2D eigenvalue weighted by atomic mass is 35.5. The van der Waals surface area contributed by atoms with E-state index in [1.54, 1.807) is 34.1 Å². The number of aromatic nitrogens is 1. The number of nitrogens with zero attached hydrogens (tertiary/aromatic N) is 2. The zero-order chi connectivity index (χ0) is 22.3. The highest BCUT2D eigenvalue weighted by Crippen LogP contribution is 2.47. The molecule has 0 N–H and O–H groups in total. The third-order valence-electron chi connectivity index (χ3n) is 5.77. The van der Waals surface area contributed by atoms with Crippen molar-refractivity contribution in [2.24, 2.45) is 0 Å². The molecule has 0 fully saturated rings. The molecule has 0 saturated heterocycles. The van der Waals surface area contributed by atoms with E-state index in [0.717, 1.165) is 22.0 Å². The van der Waals surface area contributed by atoms with Gasteiger partial charge in [0.2, 0.25) is 0 Å². The fourth-order valence-electron chi connectivity index (χ4n) is 4.22. The molecule has 0 spiro atoms. The number of halogens is 1. The van der Waals surface area contributed by atoms with Gasteiger partial charge in [-0.3, -0.25) is 9.59 Å². The van der Waals surface area contributed by atoms with Crippen LogP contribution in [0.25, 0.3) is 5.69 Å². The molecule has 1 atom stereocenters. The third kappa shape index (κ3) is 3.97. The first-order valence-corrected chi connectivity index (χ1v) is 12.5. The van der Waals surface area contributed by atoms with E-state index in [1.165, 1.54) is 10.4 Å². The van der Waals surface area contributed by atoms with Gasteiger partial charge in [0, 0.05) is 57.0 Å². The molecule has 0 saturated carbocycles. The van der Waals surface area contributed by atoms with Crippen LogP contribution < -0.4 is 5.43 Å². The van der Waals surface area contributed by atoms with Gasteiger partial charge in [-0.05, 0) is 62.9 Å². The number of rotatable bonds is 4. The Labute approximate surface area is 195 Å². The Balaban J connectivity index is 2.03. The molecule has 4 nitrogen and oxygen atoms in total. The molecule has 1 aliphatic rings. The van der Waals surface area contributed by atoms with Gasteiger partial charge < -0.3 is 9.47 Å². The first kappa shape index (κ1) is 22.2. The molecule has 1 amide bonds. The molecule has 4 rings (SSSR count). The van der Waals surface area contributed by atoms with Crippen molar-refractivity contribution < 1.29 is 4.79 Å². The van der Waals surface area contributed by atoms with Gasteiger partial charge in [0.15, 0.2) is 5.43 Å². The Kier molecular flexibility index (Phi) is 6.33. The lowest BCUT2D eigenvalue weighted by atomic mass is 10.0. The van der Waals surface area contributed by atoms with Crippen molar-refractivity contribution in [3.05, 3.63) is 78.3 Å². The normalized spacial score (nSPS) is 15.2. The molecular formula is C24H25ClN2O2S2. The standard InChI is InChI=1S/C24H25ClN2O2S2/c1-5-26(6-2)24(29)22-18-13-21(23-14(3)9-10-30-23)31-20-12-16(25)7-8-17(20)27(18)15(4)11-19(22)28/h7-12,21H,5-6,13H2,1-4H3. The molecule has 162 valence electrons. The molecule has 3 heterocycles. The number of benzene rings is 1. The van der Waals surface area contributed by atoms with Gasteiger partial charge in [-0.2, -0.15) is 0 Å². The first-order valence-electron chi connectivity index (χ1n) is 10.4. The lowest BCUT2D eigenvalue weighted by molar-refractivity contribution is 0.0769. The minimum absolute atomic E-state index is 0.0930. The van der Waals surface area contributed by atoms with Crippen LogP contribution in [0.2, 0.25) is 5.02 Å². The van der Waals surface area contributed by atoms with Crippen molar-refractivity contribution in [3.8, 4) is 5.69 Å². The number of aryl methyl sites for hydroxylation is 2. The summed E-state index contributed by atoms with van der Waals surface area (Å²) in [6.07, 6.45) is 0.595. The van der Waals surface area contributed by atoms with E-state index in [1.807, 2.05) is 39.0 Å². The number of fused-ring (bicyclic) bond motifs is 3. The highest BCUT2D eigenvalue weighted by Gasteiger charge is 2.31. The van der Waals surface area contributed by atoms with Crippen LogP contribution in [0, 0.1) is 13.8 Å². The average Bonchev–Trinajstić information content (AvgIpc) is 3.07. The number of carbonyl (C=O) groups is 1. The van der Waals surface area contributed by atoms with Crippen LogP contribution in [0.1, 0.15) is 51.3 Å². The maximum absolute atomic E-state index is 13.4. The minimum atomic E-state index is -0.204. The molecule has 0 bridgehead atoms. The van der Waals surface area contributed by atoms with E-state index in [-0.39, 0.29) is 22.1 Å². The molecule has 0 aliphatic carbocycles. The van der Waals surface area contributed by atoms with Gasteiger partial charge in [-0.1, -0.05) is 11.6 Å². The van der Waals surface area contributed by atoms with Crippen LogP contribution in [-0.4, -0.2) is 28.5 Å². The van der Waals surface area contributed by atoms with Crippen LogP contribution in [-0.2, 0) is 6.42 Å². The van der Waals surface area contributed by atoms with Crippen LogP contribution in [0.3, 0.4) is 0 Å². The van der Waals surface area contributed by atoms with Crippen LogP contribution in [0.15, 0.2) is 45.4 Å². The summed E-state index contributed by atoms with van der Waals surface area (Å²) in [7, 11) is 0. The number of pyridine rings is 1. The Morgan fingerprint density at radius 2 is 1.94 bits per heavy atom. The van der Waals surface area contributed by atoms with E-state index < -0.39 is 0 Å². The van der Waals surface area contributed by atoms with Gasteiger partial charge in [-0.15, -0.1) is 23.1 Å². The van der Waals surface area contributed by atoms with Gasteiger partial charge in [-0.25, -0.2) is 0 Å². The fourth-order valence-corrected chi connectivity index (χ4v) is 6.99. The van der Waals surface area contributed by atoms with Crippen molar-refractivity contribution >= 4 is 40.6 Å². The second-order valence-corrected chi connectivity index (χ2v) is 10.3. The smallest absolute Gasteiger partial charge is 0.259 e. The molecule has 1 aromatic carbocycles. The molecule has 2 aromatic heterocycles. The lowest BCUT2D eigenvalue weighted by Crippen LogP contribution is -2.36. The molecule has 1 aliphatic heterocycles. The van der Waals surface area contributed by atoms with Gasteiger partial charge in [0.1, 0.15) is 5.56 Å². The average molecular weight is 473 g/mol.